The minimum atomic E-state index is -0.371. The van der Waals surface area contributed by atoms with E-state index >= 15 is 0 Å². The van der Waals surface area contributed by atoms with Crippen molar-refractivity contribution >= 4 is 60.9 Å². The molecule has 0 N–H and O–H groups in total. The fraction of sp³-hybridized carbons (Fsp3) is 0.257. The van der Waals surface area contributed by atoms with Crippen LogP contribution in [-0.2, 0) is 27.1 Å². The Morgan fingerprint density at radius 2 is 0.685 bits per heavy atom. The summed E-state index contributed by atoms with van der Waals surface area (Å²) in [6, 6.07) is 95.2. The zero-order valence-electron chi connectivity index (χ0n) is 64.4. The molecule has 5 aliphatic rings. The smallest absolute Gasteiger partial charge is 0.144 e. The van der Waals surface area contributed by atoms with Crippen LogP contribution in [0.15, 0.2) is 258 Å². The second-order valence-electron chi connectivity index (χ2n) is 34.4. The van der Waals surface area contributed by atoms with Crippen LogP contribution in [0, 0.1) is 0 Å². The molecular formula is C105H95NO2. The van der Waals surface area contributed by atoms with Gasteiger partial charge in [0.25, 0.3) is 0 Å². The number of fused-ring (bicyclic) bond motifs is 25. The van der Waals surface area contributed by atoms with Gasteiger partial charge in [0.2, 0.25) is 0 Å². The van der Waals surface area contributed by atoms with E-state index in [0.717, 1.165) is 55.9 Å². The van der Waals surface area contributed by atoms with Gasteiger partial charge in [-0.25, -0.2) is 0 Å². The number of anilines is 3. The molecule has 0 atom stereocenters. The van der Waals surface area contributed by atoms with E-state index in [1.54, 1.807) is 11.1 Å². The summed E-state index contributed by atoms with van der Waals surface area (Å²) in [6.45, 7) is 24.2. The van der Waals surface area contributed by atoms with Gasteiger partial charge in [0.1, 0.15) is 22.3 Å². The van der Waals surface area contributed by atoms with E-state index in [1.807, 2.05) is 0 Å². The number of furan rings is 2. The van der Waals surface area contributed by atoms with E-state index in [4.69, 9.17) is 8.83 Å². The third-order valence-corrected chi connectivity index (χ3v) is 26.9. The highest BCUT2D eigenvalue weighted by Gasteiger charge is 2.50. The SMILES string of the molecule is CCCCCCCC1(CCCCCCC)c2ccccc2-c2ccc(-c3ccc4c(c3)C(C)(C)c3cc(-c5ccc(-c6cc7c(c8c6oc6ccccc68)-c6ccc(N(c8ccccc8)c8ccc9c(c8)C(C)(C)c8c%10c(c%11c(oc%12ccccc%12%11)c8-9)-c8ccccc8C%10(C)C)cc6C7(C)C)cc5)ccc3-4)cc21. The number of hydrogen-bond donors (Lipinski definition) is 0. The Hall–Kier alpha value is -10.7. The number of nitrogens with zero attached hydrogens (tertiary/aromatic N) is 1. The molecule has 20 rings (SSSR count). The minimum absolute atomic E-state index is 0.0460. The van der Waals surface area contributed by atoms with Crippen LogP contribution in [0.5, 0.6) is 0 Å². The van der Waals surface area contributed by atoms with Crippen molar-refractivity contribution in [2.75, 3.05) is 4.90 Å². The van der Waals surface area contributed by atoms with Gasteiger partial charge in [-0.15, -0.1) is 0 Å². The largest absolute Gasteiger partial charge is 0.455 e. The topological polar surface area (TPSA) is 29.5 Å². The molecule has 2 aromatic heterocycles. The Balaban J connectivity index is 0.632. The first-order valence-corrected chi connectivity index (χ1v) is 40.4. The van der Waals surface area contributed by atoms with Crippen molar-refractivity contribution in [1.82, 2.24) is 0 Å². The monoisotopic (exact) mass is 1400 g/mol. The molecule has 108 heavy (non-hydrogen) atoms. The minimum Gasteiger partial charge on any atom is -0.455 e. The maximum Gasteiger partial charge on any atom is 0.144 e. The second kappa shape index (κ2) is 24.6. The van der Waals surface area contributed by atoms with Gasteiger partial charge in [-0.1, -0.05) is 309 Å². The molecule has 0 aliphatic heterocycles. The molecule has 0 unspecified atom stereocenters. The lowest BCUT2D eigenvalue weighted by atomic mass is 9.70. The second-order valence-corrected chi connectivity index (χ2v) is 34.4. The summed E-state index contributed by atoms with van der Waals surface area (Å²) in [4.78, 5) is 2.48. The van der Waals surface area contributed by atoms with Crippen LogP contribution in [0.4, 0.5) is 17.1 Å². The fourth-order valence-corrected chi connectivity index (χ4v) is 21.4. The Labute approximate surface area is 637 Å². The number of para-hydroxylation sites is 3. The van der Waals surface area contributed by atoms with E-state index in [-0.39, 0.29) is 27.1 Å². The van der Waals surface area contributed by atoms with Crippen LogP contribution >= 0.6 is 0 Å². The fourth-order valence-electron chi connectivity index (χ4n) is 21.4. The zero-order valence-corrected chi connectivity index (χ0v) is 64.4. The molecule has 15 aromatic rings. The van der Waals surface area contributed by atoms with E-state index in [2.05, 4.69) is 323 Å². The molecule has 0 amide bonds. The third-order valence-electron chi connectivity index (χ3n) is 26.9. The highest BCUT2D eigenvalue weighted by molar-refractivity contribution is 6.22. The average Bonchev–Trinajstić information content (AvgIpc) is 1.50. The van der Waals surface area contributed by atoms with Crippen LogP contribution < -0.4 is 4.90 Å². The maximum atomic E-state index is 7.12. The lowest BCUT2D eigenvalue weighted by Gasteiger charge is -2.33. The van der Waals surface area contributed by atoms with Crippen molar-refractivity contribution in [3.05, 3.63) is 304 Å². The van der Waals surface area contributed by atoms with Gasteiger partial charge in [0, 0.05) is 76.8 Å². The number of unbranched alkanes of at least 4 members (excludes halogenated alkanes) is 8. The van der Waals surface area contributed by atoms with Crippen LogP contribution in [0.25, 0.3) is 133 Å². The van der Waals surface area contributed by atoms with Crippen molar-refractivity contribution < 1.29 is 8.83 Å². The van der Waals surface area contributed by atoms with Crippen molar-refractivity contribution in [2.45, 2.75) is 173 Å². The van der Waals surface area contributed by atoms with Gasteiger partial charge in [-0.3, -0.25) is 0 Å². The molecule has 0 fully saturated rings. The number of benzene rings is 13. The van der Waals surface area contributed by atoms with Gasteiger partial charge in [-0.2, -0.15) is 0 Å². The first-order chi connectivity index (χ1) is 52.5. The highest BCUT2D eigenvalue weighted by Crippen LogP contribution is 2.65. The molecule has 0 spiro atoms. The summed E-state index contributed by atoms with van der Waals surface area (Å²) >= 11 is 0. The Morgan fingerprint density at radius 1 is 0.269 bits per heavy atom. The first kappa shape index (κ1) is 66.7. The Kier molecular flexibility index (Phi) is 15.2. The summed E-state index contributed by atoms with van der Waals surface area (Å²) in [5.41, 5.74) is 40.6. The van der Waals surface area contributed by atoms with Crippen molar-refractivity contribution in [3.63, 3.8) is 0 Å². The van der Waals surface area contributed by atoms with E-state index in [1.165, 1.54) is 216 Å². The Bertz CT molecular complexity index is 6200. The zero-order chi connectivity index (χ0) is 73.3. The van der Waals surface area contributed by atoms with Gasteiger partial charge >= 0.3 is 0 Å². The average molecular weight is 1400 g/mol. The Morgan fingerprint density at radius 3 is 1.31 bits per heavy atom. The van der Waals surface area contributed by atoms with Crippen LogP contribution in [0.1, 0.15) is 202 Å². The third kappa shape index (κ3) is 9.64. The normalized spacial score (nSPS) is 15.6. The van der Waals surface area contributed by atoms with Gasteiger partial charge in [0.05, 0.1) is 0 Å². The van der Waals surface area contributed by atoms with E-state index in [9.17, 15) is 0 Å². The predicted molar refractivity (Wildman–Crippen MR) is 455 cm³/mol. The van der Waals surface area contributed by atoms with E-state index in [0.29, 0.717) is 0 Å². The molecule has 0 saturated carbocycles. The first-order valence-electron chi connectivity index (χ1n) is 40.4. The van der Waals surface area contributed by atoms with Crippen molar-refractivity contribution in [1.29, 1.82) is 0 Å². The molecule has 532 valence electrons. The van der Waals surface area contributed by atoms with Crippen LogP contribution in [0.2, 0.25) is 0 Å². The van der Waals surface area contributed by atoms with E-state index < -0.39 is 0 Å². The lowest BCUT2D eigenvalue weighted by molar-refractivity contribution is 0.399. The summed E-state index contributed by atoms with van der Waals surface area (Å²) in [5.74, 6) is 0. The number of hydrogen-bond acceptors (Lipinski definition) is 3. The molecule has 2 heterocycles. The number of rotatable bonds is 18. The van der Waals surface area contributed by atoms with Crippen molar-refractivity contribution in [2.24, 2.45) is 0 Å². The van der Waals surface area contributed by atoms with Crippen LogP contribution in [-0.4, -0.2) is 0 Å². The maximum absolute atomic E-state index is 7.12. The van der Waals surface area contributed by atoms with Gasteiger partial charge < -0.3 is 13.7 Å². The van der Waals surface area contributed by atoms with Gasteiger partial charge in [-0.05, 0) is 219 Å². The summed E-state index contributed by atoms with van der Waals surface area (Å²) in [6.07, 6.45) is 15.5. The summed E-state index contributed by atoms with van der Waals surface area (Å²) < 4.78 is 14.2. The quantitative estimate of drug-likeness (QED) is 0.0802. The summed E-state index contributed by atoms with van der Waals surface area (Å²) in [7, 11) is 0. The molecule has 3 nitrogen and oxygen atoms in total. The lowest BCUT2D eigenvalue weighted by Crippen LogP contribution is -2.25. The molecule has 0 bridgehead atoms. The van der Waals surface area contributed by atoms with Crippen molar-refractivity contribution in [3.8, 4) is 89.0 Å². The molecular weight excluding hydrogens is 1310 g/mol. The molecule has 5 aliphatic carbocycles. The summed E-state index contributed by atoms with van der Waals surface area (Å²) in [5, 5.41) is 4.72. The standard InChI is InChI=1S/C105H95NO2/c1-11-13-15-17-30-56-105(57-31-18-16-14-12-2)83-39-27-22-34-72(83)75-53-48-68(60-88(75)105)67-47-52-74-73-51-46-66(58-84(73)101(3,4)85(74)59-67)64-42-44-65(45-43-64)81-63-89-92(94-79-36-24-28-40-90(79)107-99(81)94)77-54-49-70(61-86(77)102(89,5)6)106(69-32-20-19-21-33-69)71-50-55-78-87(62-71)104(9,10)98-96(78)100-95(80-37-25-29-41-91(80)108-100)93-76-35-23-26-38-82(76)103(7,8)97(93)98/h19-29,32-55,58-63H,11-18,30-31,56-57H2,1-10H3. The van der Waals surface area contributed by atoms with Crippen LogP contribution in [0.3, 0.4) is 0 Å². The molecule has 0 radical (unpaired) electrons. The molecule has 13 aromatic carbocycles. The molecule has 0 saturated heterocycles. The molecule has 3 heteroatoms. The predicted octanol–water partition coefficient (Wildman–Crippen LogP) is 30.2. The van der Waals surface area contributed by atoms with Gasteiger partial charge in [0.15, 0.2) is 0 Å². The highest BCUT2D eigenvalue weighted by atomic mass is 16.3.